The van der Waals surface area contributed by atoms with E-state index < -0.39 is 0 Å². The Labute approximate surface area is 164 Å². The van der Waals surface area contributed by atoms with Crippen LogP contribution in [0.15, 0.2) is 30.5 Å². The normalized spacial score (nSPS) is 15.6. The summed E-state index contributed by atoms with van der Waals surface area (Å²) in [5, 5.41) is 12.7. The van der Waals surface area contributed by atoms with Gasteiger partial charge in [0.05, 0.1) is 0 Å². The number of rotatable bonds is 3. The molecule has 3 rings (SSSR count). The topological polar surface area (TPSA) is 91.0 Å². The van der Waals surface area contributed by atoms with Gasteiger partial charge in [0.15, 0.2) is 0 Å². The molecule has 2 heterocycles. The van der Waals surface area contributed by atoms with E-state index in [1.165, 1.54) is 12.1 Å². The smallest absolute Gasteiger partial charge is 0.256 e. The van der Waals surface area contributed by atoms with Crippen molar-refractivity contribution in [2.75, 3.05) is 36.8 Å². The van der Waals surface area contributed by atoms with Gasteiger partial charge in [0.2, 0.25) is 5.95 Å². The van der Waals surface area contributed by atoms with Gasteiger partial charge in [-0.15, -0.1) is 0 Å². The van der Waals surface area contributed by atoms with Crippen molar-refractivity contribution >= 4 is 17.7 Å². The van der Waals surface area contributed by atoms with Gasteiger partial charge in [-0.1, -0.05) is 18.6 Å². The van der Waals surface area contributed by atoms with Crippen LogP contribution in [0.5, 0.6) is 0 Å². The molecule has 0 saturated heterocycles. The molecule has 1 aromatic carbocycles. The predicted molar refractivity (Wildman–Crippen MR) is 108 cm³/mol. The second-order valence-electron chi connectivity index (χ2n) is 6.78. The molecule has 1 amide bonds. The van der Waals surface area contributed by atoms with Crippen molar-refractivity contribution in [1.82, 2.24) is 20.6 Å². The number of nitrogens with one attached hydrogen (secondary N) is 4. The van der Waals surface area contributed by atoms with Gasteiger partial charge < -0.3 is 21.3 Å². The van der Waals surface area contributed by atoms with Gasteiger partial charge in [-0.25, -0.2) is 9.37 Å². The fourth-order valence-corrected chi connectivity index (χ4v) is 2.94. The van der Waals surface area contributed by atoms with Gasteiger partial charge in [-0.2, -0.15) is 4.98 Å². The first-order valence-corrected chi connectivity index (χ1v) is 9.80. The first kappa shape index (κ1) is 20.0. The van der Waals surface area contributed by atoms with Crippen molar-refractivity contribution in [2.45, 2.75) is 32.2 Å². The maximum Gasteiger partial charge on any atom is 0.256 e. The van der Waals surface area contributed by atoms with Crippen LogP contribution in [0.25, 0.3) is 0 Å². The highest BCUT2D eigenvalue weighted by Gasteiger charge is 2.15. The maximum absolute atomic E-state index is 13.0. The highest BCUT2D eigenvalue weighted by atomic mass is 19.1. The lowest BCUT2D eigenvalue weighted by Gasteiger charge is -2.14. The van der Waals surface area contributed by atoms with Gasteiger partial charge in [0, 0.05) is 25.8 Å². The van der Waals surface area contributed by atoms with Crippen molar-refractivity contribution in [1.29, 1.82) is 0 Å². The van der Waals surface area contributed by atoms with Gasteiger partial charge in [0.1, 0.15) is 17.2 Å². The number of benzene rings is 1. The van der Waals surface area contributed by atoms with Crippen LogP contribution in [0, 0.1) is 5.82 Å². The van der Waals surface area contributed by atoms with Crippen LogP contribution in [-0.4, -0.2) is 42.1 Å². The molecule has 0 aliphatic carbocycles. The number of hydrogen-bond acceptors (Lipinski definition) is 6. The van der Waals surface area contributed by atoms with E-state index in [1.807, 2.05) is 0 Å². The Hall–Kier alpha value is -2.74. The third-order valence-corrected chi connectivity index (χ3v) is 4.54. The zero-order valence-electron chi connectivity index (χ0n) is 15.9. The standard InChI is InChI=1S/C20H27FN6O/c21-16-7-5-15(6-8-16)13-25-19(28)17-14-26-20-24-11-3-1-2-9-22-10-4-12-23-18(17)27-20/h5-8,14,22H,1-4,9-13H2,(H,25,28)(H2,23,24,26,27). The summed E-state index contributed by atoms with van der Waals surface area (Å²) in [6, 6.07) is 6.05. The number of aromatic nitrogens is 2. The molecule has 2 bridgehead atoms. The molecule has 7 nitrogen and oxygen atoms in total. The molecule has 8 heteroatoms. The minimum absolute atomic E-state index is 0.266. The molecule has 0 saturated carbocycles. The molecule has 1 aliphatic heterocycles. The van der Waals surface area contributed by atoms with Crippen LogP contribution in [0.3, 0.4) is 0 Å². The second-order valence-corrected chi connectivity index (χ2v) is 6.78. The van der Waals surface area contributed by atoms with E-state index in [-0.39, 0.29) is 11.7 Å². The van der Waals surface area contributed by atoms with E-state index in [0.717, 1.165) is 50.9 Å². The average Bonchev–Trinajstić information content (AvgIpc) is 2.71. The van der Waals surface area contributed by atoms with Crippen molar-refractivity contribution in [2.24, 2.45) is 0 Å². The minimum atomic E-state index is -0.299. The summed E-state index contributed by atoms with van der Waals surface area (Å²) in [6.07, 6.45) is 5.84. The zero-order valence-corrected chi connectivity index (χ0v) is 15.9. The molecule has 0 radical (unpaired) electrons. The first-order chi connectivity index (χ1) is 13.7. The zero-order chi connectivity index (χ0) is 19.6. The molecule has 0 unspecified atom stereocenters. The molecular weight excluding hydrogens is 359 g/mol. The number of hydrogen-bond donors (Lipinski definition) is 4. The largest absolute Gasteiger partial charge is 0.369 e. The minimum Gasteiger partial charge on any atom is -0.369 e. The molecule has 0 fully saturated rings. The van der Waals surface area contributed by atoms with Crippen LogP contribution >= 0.6 is 0 Å². The summed E-state index contributed by atoms with van der Waals surface area (Å²) in [7, 11) is 0. The third-order valence-electron chi connectivity index (χ3n) is 4.54. The summed E-state index contributed by atoms with van der Waals surface area (Å²) >= 11 is 0. The highest BCUT2D eigenvalue weighted by Crippen LogP contribution is 2.15. The van der Waals surface area contributed by atoms with Gasteiger partial charge in [0.25, 0.3) is 5.91 Å². The number of nitrogens with zero attached hydrogens (tertiary/aromatic N) is 2. The van der Waals surface area contributed by atoms with Crippen LogP contribution in [0.4, 0.5) is 16.2 Å². The molecule has 0 spiro atoms. The van der Waals surface area contributed by atoms with Crippen molar-refractivity contribution in [3.8, 4) is 0 Å². The number of fused-ring (bicyclic) bond motifs is 2. The van der Waals surface area contributed by atoms with E-state index in [0.29, 0.717) is 30.4 Å². The predicted octanol–water partition coefficient (Wildman–Crippen LogP) is 2.53. The molecule has 0 atom stereocenters. The molecule has 1 aromatic heterocycles. The summed E-state index contributed by atoms with van der Waals surface area (Å²) in [6.45, 7) is 3.77. The number of amides is 1. The fourth-order valence-electron chi connectivity index (χ4n) is 2.94. The Morgan fingerprint density at radius 1 is 1.00 bits per heavy atom. The van der Waals surface area contributed by atoms with Crippen LogP contribution < -0.4 is 21.3 Å². The highest BCUT2D eigenvalue weighted by molar-refractivity contribution is 5.98. The Bertz CT molecular complexity index is 768. The van der Waals surface area contributed by atoms with E-state index >= 15 is 0 Å². The lowest BCUT2D eigenvalue weighted by Crippen LogP contribution is -2.26. The summed E-state index contributed by atoms with van der Waals surface area (Å²) < 4.78 is 13.0. The first-order valence-electron chi connectivity index (χ1n) is 9.80. The van der Waals surface area contributed by atoms with Crippen molar-refractivity contribution in [3.05, 3.63) is 47.4 Å². The van der Waals surface area contributed by atoms with Gasteiger partial charge >= 0.3 is 0 Å². The Balaban J connectivity index is 1.67. The van der Waals surface area contributed by atoms with Crippen molar-refractivity contribution in [3.63, 3.8) is 0 Å². The summed E-state index contributed by atoms with van der Waals surface area (Å²) in [5.41, 5.74) is 1.22. The number of halogens is 1. The van der Waals surface area contributed by atoms with E-state index in [2.05, 4.69) is 31.2 Å². The van der Waals surface area contributed by atoms with Gasteiger partial charge in [-0.05, 0) is 50.0 Å². The Kier molecular flexibility index (Phi) is 7.54. The number of anilines is 2. The Morgan fingerprint density at radius 3 is 2.61 bits per heavy atom. The van der Waals surface area contributed by atoms with Crippen LogP contribution in [0.2, 0.25) is 0 Å². The van der Waals surface area contributed by atoms with Crippen molar-refractivity contribution < 1.29 is 9.18 Å². The van der Waals surface area contributed by atoms with E-state index in [4.69, 9.17) is 0 Å². The summed E-state index contributed by atoms with van der Waals surface area (Å²) in [4.78, 5) is 21.4. The molecule has 4 N–H and O–H groups in total. The third kappa shape index (κ3) is 6.16. The number of carbonyl (C=O) groups excluding carboxylic acids is 1. The molecule has 2 aromatic rings. The van der Waals surface area contributed by atoms with E-state index in [1.54, 1.807) is 18.3 Å². The maximum atomic E-state index is 13.0. The Morgan fingerprint density at radius 2 is 1.75 bits per heavy atom. The van der Waals surface area contributed by atoms with E-state index in [9.17, 15) is 9.18 Å². The molecule has 28 heavy (non-hydrogen) atoms. The lowest BCUT2D eigenvalue weighted by molar-refractivity contribution is 0.0951. The monoisotopic (exact) mass is 386 g/mol. The molecular formula is C20H27FN6O. The fraction of sp³-hybridized carbons (Fsp3) is 0.450. The van der Waals surface area contributed by atoms with Crippen LogP contribution in [-0.2, 0) is 6.54 Å². The van der Waals surface area contributed by atoms with Gasteiger partial charge in [-0.3, -0.25) is 4.79 Å². The molecule has 1 aliphatic rings. The second kappa shape index (κ2) is 10.6. The summed E-state index contributed by atoms with van der Waals surface area (Å²) in [5.74, 6) is 0.476. The lowest BCUT2D eigenvalue weighted by atomic mass is 10.2. The van der Waals surface area contributed by atoms with Crippen LogP contribution in [0.1, 0.15) is 41.6 Å². The SMILES string of the molecule is O=C(NCc1ccc(F)cc1)c1cnc2nc1NCCCNCCCCCN2. The quantitative estimate of drug-likeness (QED) is 0.648. The number of carbonyl (C=O) groups is 1. The molecule has 150 valence electrons. The average molecular weight is 386 g/mol.